The number of carbonyl (C=O) groups is 2. The van der Waals surface area contributed by atoms with E-state index in [1.807, 2.05) is 0 Å². The van der Waals surface area contributed by atoms with Gasteiger partial charge in [0.1, 0.15) is 0 Å². The van der Waals surface area contributed by atoms with Crippen LogP contribution in [0.1, 0.15) is 40.7 Å². The fraction of sp³-hybridized carbons (Fsp3) is 0.500. The molecule has 8 heteroatoms. The Hall–Kier alpha value is -2.48. The molecule has 24 heavy (non-hydrogen) atoms. The van der Waals surface area contributed by atoms with Crippen LogP contribution in [-0.4, -0.2) is 40.7 Å². The number of nitro groups is 1. The zero-order valence-electron chi connectivity index (χ0n) is 13.6. The lowest BCUT2D eigenvalue weighted by Gasteiger charge is -2.37. The Morgan fingerprint density at radius 2 is 1.92 bits per heavy atom. The van der Waals surface area contributed by atoms with E-state index >= 15 is 0 Å². The van der Waals surface area contributed by atoms with E-state index in [4.69, 9.17) is 9.84 Å². The van der Waals surface area contributed by atoms with Gasteiger partial charge >= 0.3 is 5.97 Å². The van der Waals surface area contributed by atoms with Crippen molar-refractivity contribution in [1.82, 2.24) is 5.32 Å². The first-order valence-corrected chi connectivity index (χ1v) is 7.62. The third-order valence-corrected chi connectivity index (χ3v) is 4.30. The van der Waals surface area contributed by atoms with E-state index in [1.165, 1.54) is 6.07 Å². The largest absolute Gasteiger partial charge is 0.481 e. The SMILES string of the molecule is Cc1cc(C)c([N+](=O)[O-])cc1C(=O)NC1(CC(=O)O)CCOCC1. The molecule has 1 aliphatic heterocycles. The maximum Gasteiger partial charge on any atom is 0.305 e. The minimum Gasteiger partial charge on any atom is -0.481 e. The first kappa shape index (κ1) is 17.9. The van der Waals surface area contributed by atoms with E-state index in [0.717, 1.165) is 0 Å². The Kier molecular flexibility index (Phi) is 5.18. The highest BCUT2D eigenvalue weighted by atomic mass is 16.6. The molecule has 0 bridgehead atoms. The number of nitro benzene ring substituents is 1. The maximum absolute atomic E-state index is 12.6. The van der Waals surface area contributed by atoms with Crippen molar-refractivity contribution in [1.29, 1.82) is 0 Å². The lowest BCUT2D eigenvalue weighted by atomic mass is 9.86. The van der Waals surface area contributed by atoms with Crippen LogP contribution in [0.4, 0.5) is 5.69 Å². The summed E-state index contributed by atoms with van der Waals surface area (Å²) >= 11 is 0. The Balaban J connectivity index is 2.31. The molecule has 1 aromatic rings. The number of carboxylic acid groups (broad SMARTS) is 1. The fourth-order valence-electron chi connectivity index (χ4n) is 2.99. The number of ether oxygens (including phenoxy) is 1. The average Bonchev–Trinajstić information content (AvgIpc) is 2.46. The molecule has 1 saturated heterocycles. The molecule has 0 aliphatic carbocycles. The second-order valence-corrected chi connectivity index (χ2v) is 6.13. The summed E-state index contributed by atoms with van der Waals surface area (Å²) in [6.07, 6.45) is 0.561. The molecule has 1 fully saturated rings. The van der Waals surface area contributed by atoms with Gasteiger partial charge in [-0.1, -0.05) is 0 Å². The molecular weight excluding hydrogens is 316 g/mol. The lowest BCUT2D eigenvalue weighted by molar-refractivity contribution is -0.385. The number of hydrogen-bond acceptors (Lipinski definition) is 5. The second-order valence-electron chi connectivity index (χ2n) is 6.13. The van der Waals surface area contributed by atoms with Crippen LogP contribution < -0.4 is 5.32 Å². The molecule has 1 heterocycles. The molecule has 0 atom stereocenters. The van der Waals surface area contributed by atoms with Gasteiger partial charge in [0.2, 0.25) is 0 Å². The van der Waals surface area contributed by atoms with Gasteiger partial charge in [-0.2, -0.15) is 0 Å². The van der Waals surface area contributed by atoms with E-state index in [-0.39, 0.29) is 17.7 Å². The number of amides is 1. The number of nitrogens with one attached hydrogen (secondary N) is 1. The number of benzene rings is 1. The number of aliphatic carboxylic acids is 1. The molecule has 0 saturated carbocycles. The molecule has 8 nitrogen and oxygen atoms in total. The molecule has 0 radical (unpaired) electrons. The first-order valence-electron chi connectivity index (χ1n) is 7.62. The quantitative estimate of drug-likeness (QED) is 0.627. The van der Waals surface area contributed by atoms with E-state index in [0.29, 0.717) is 37.2 Å². The Morgan fingerprint density at radius 1 is 1.29 bits per heavy atom. The van der Waals surface area contributed by atoms with E-state index in [9.17, 15) is 19.7 Å². The van der Waals surface area contributed by atoms with Gasteiger partial charge in [-0.3, -0.25) is 19.7 Å². The van der Waals surface area contributed by atoms with Crippen LogP contribution >= 0.6 is 0 Å². The molecule has 1 aliphatic rings. The topological polar surface area (TPSA) is 119 Å². The van der Waals surface area contributed by atoms with Gasteiger partial charge in [0.25, 0.3) is 11.6 Å². The fourth-order valence-corrected chi connectivity index (χ4v) is 2.99. The summed E-state index contributed by atoms with van der Waals surface area (Å²) < 4.78 is 5.25. The summed E-state index contributed by atoms with van der Waals surface area (Å²) in [5.41, 5.74) is 0.231. The highest BCUT2D eigenvalue weighted by Crippen LogP contribution is 2.27. The number of carboxylic acids is 1. The predicted molar refractivity (Wildman–Crippen MR) is 85.1 cm³/mol. The van der Waals surface area contributed by atoms with Gasteiger partial charge in [0.05, 0.1) is 16.9 Å². The van der Waals surface area contributed by atoms with Crippen molar-refractivity contribution in [3.63, 3.8) is 0 Å². The highest BCUT2D eigenvalue weighted by Gasteiger charge is 2.37. The van der Waals surface area contributed by atoms with Crippen molar-refractivity contribution in [3.05, 3.63) is 38.9 Å². The van der Waals surface area contributed by atoms with Crippen LogP contribution in [0.15, 0.2) is 12.1 Å². The Bertz CT molecular complexity index is 679. The van der Waals surface area contributed by atoms with Crippen molar-refractivity contribution in [2.45, 2.75) is 38.6 Å². The smallest absolute Gasteiger partial charge is 0.305 e. The van der Waals surface area contributed by atoms with Gasteiger partial charge < -0.3 is 15.2 Å². The first-order chi connectivity index (χ1) is 11.2. The van der Waals surface area contributed by atoms with Gasteiger partial charge in [-0.25, -0.2) is 0 Å². The number of carbonyl (C=O) groups excluding carboxylic acids is 1. The molecule has 2 N–H and O–H groups in total. The molecule has 1 aromatic carbocycles. The Morgan fingerprint density at radius 3 is 2.46 bits per heavy atom. The van der Waals surface area contributed by atoms with Crippen molar-refractivity contribution in [2.24, 2.45) is 0 Å². The van der Waals surface area contributed by atoms with Gasteiger partial charge in [-0.05, 0) is 38.3 Å². The van der Waals surface area contributed by atoms with Crippen LogP contribution in [0.2, 0.25) is 0 Å². The van der Waals surface area contributed by atoms with Gasteiger partial charge in [0.15, 0.2) is 0 Å². The third-order valence-electron chi connectivity index (χ3n) is 4.30. The predicted octanol–water partition coefficient (Wildman–Crippen LogP) is 1.97. The lowest BCUT2D eigenvalue weighted by Crippen LogP contribution is -2.53. The molecule has 2 rings (SSSR count). The number of nitrogens with zero attached hydrogens (tertiary/aromatic N) is 1. The minimum atomic E-state index is -1.01. The van der Waals surface area contributed by atoms with Crippen LogP contribution in [0.3, 0.4) is 0 Å². The van der Waals surface area contributed by atoms with E-state index in [2.05, 4.69) is 5.32 Å². The van der Waals surface area contributed by atoms with Crippen LogP contribution in [0, 0.1) is 24.0 Å². The zero-order chi connectivity index (χ0) is 17.9. The minimum absolute atomic E-state index is 0.134. The number of aryl methyl sites for hydroxylation is 2. The second kappa shape index (κ2) is 6.96. The van der Waals surface area contributed by atoms with Crippen molar-refractivity contribution in [2.75, 3.05) is 13.2 Å². The molecule has 1 amide bonds. The van der Waals surface area contributed by atoms with Gasteiger partial charge in [-0.15, -0.1) is 0 Å². The van der Waals surface area contributed by atoms with E-state index in [1.54, 1.807) is 19.9 Å². The van der Waals surface area contributed by atoms with Crippen LogP contribution in [0.5, 0.6) is 0 Å². The molecular formula is C16H20N2O6. The molecule has 130 valence electrons. The Labute approximate surface area is 139 Å². The van der Waals surface area contributed by atoms with Gasteiger partial charge in [0, 0.05) is 30.4 Å². The van der Waals surface area contributed by atoms with E-state index < -0.39 is 22.3 Å². The third kappa shape index (κ3) is 3.88. The normalized spacial score (nSPS) is 16.4. The summed E-state index contributed by atoms with van der Waals surface area (Å²) in [5, 5.41) is 23.0. The van der Waals surface area contributed by atoms with Crippen LogP contribution in [0.25, 0.3) is 0 Å². The number of hydrogen-bond donors (Lipinski definition) is 2. The monoisotopic (exact) mass is 336 g/mol. The summed E-state index contributed by atoms with van der Waals surface area (Å²) in [7, 11) is 0. The summed E-state index contributed by atoms with van der Waals surface area (Å²) in [6, 6.07) is 2.83. The molecule has 0 spiro atoms. The maximum atomic E-state index is 12.6. The van der Waals surface area contributed by atoms with Crippen LogP contribution in [-0.2, 0) is 9.53 Å². The van der Waals surface area contributed by atoms with Crippen molar-refractivity contribution < 1.29 is 24.4 Å². The number of rotatable bonds is 5. The molecule has 0 unspecified atom stereocenters. The summed E-state index contributed by atoms with van der Waals surface area (Å²) in [5.74, 6) is -1.51. The molecule has 0 aromatic heterocycles. The highest BCUT2D eigenvalue weighted by molar-refractivity contribution is 5.97. The summed E-state index contributed by atoms with van der Waals surface area (Å²) in [6.45, 7) is 4.03. The van der Waals surface area contributed by atoms with Crippen molar-refractivity contribution in [3.8, 4) is 0 Å². The summed E-state index contributed by atoms with van der Waals surface area (Å²) in [4.78, 5) is 34.4. The standard InChI is InChI=1S/C16H20N2O6/c1-10-7-11(2)13(18(22)23)8-12(10)15(21)17-16(9-14(19)20)3-5-24-6-4-16/h7-8H,3-6,9H2,1-2H3,(H,17,21)(H,19,20). The average molecular weight is 336 g/mol. The zero-order valence-corrected chi connectivity index (χ0v) is 13.6. The van der Waals surface area contributed by atoms with Crippen molar-refractivity contribution >= 4 is 17.6 Å².